The zero-order valence-corrected chi connectivity index (χ0v) is 20.7. The molecule has 35 heavy (non-hydrogen) atoms. The van der Waals surface area contributed by atoms with Crippen LogP contribution >= 0.6 is 0 Å². The van der Waals surface area contributed by atoms with Gasteiger partial charge in [-0.25, -0.2) is 0 Å². The zero-order valence-electron chi connectivity index (χ0n) is 20.7. The molecular formula is C30H37N3O2. The number of aromatic nitrogens is 1. The van der Waals surface area contributed by atoms with Crippen LogP contribution in [0.15, 0.2) is 48.5 Å². The van der Waals surface area contributed by atoms with E-state index in [0.717, 1.165) is 60.0 Å². The topological polar surface area (TPSA) is 74.0 Å². The summed E-state index contributed by atoms with van der Waals surface area (Å²) >= 11 is 0. The predicted octanol–water partition coefficient (Wildman–Crippen LogP) is 7.05. The number of hydrogen-bond acceptors (Lipinski definition) is 2. The summed E-state index contributed by atoms with van der Waals surface area (Å²) in [7, 11) is 0. The van der Waals surface area contributed by atoms with Crippen molar-refractivity contribution < 1.29 is 9.59 Å². The minimum atomic E-state index is 0.0222. The Bertz CT molecular complexity index is 1170. The lowest BCUT2D eigenvalue weighted by atomic mass is 9.80. The van der Waals surface area contributed by atoms with E-state index in [4.69, 9.17) is 0 Å². The van der Waals surface area contributed by atoms with Gasteiger partial charge in [-0.2, -0.15) is 0 Å². The lowest BCUT2D eigenvalue weighted by Crippen LogP contribution is -2.34. The number of fused-ring (bicyclic) bond motifs is 1. The Morgan fingerprint density at radius 2 is 1.54 bits per heavy atom. The van der Waals surface area contributed by atoms with E-state index in [9.17, 15) is 9.59 Å². The van der Waals surface area contributed by atoms with Crippen LogP contribution in [0.5, 0.6) is 0 Å². The molecule has 2 aliphatic rings. The molecule has 1 aromatic heterocycles. The van der Waals surface area contributed by atoms with Gasteiger partial charge in [0, 0.05) is 39.8 Å². The third kappa shape index (κ3) is 5.61. The fourth-order valence-electron chi connectivity index (χ4n) is 5.80. The summed E-state index contributed by atoms with van der Waals surface area (Å²) in [5, 5.41) is 7.38. The number of H-pyrrole nitrogens is 1. The molecule has 2 atom stereocenters. The summed E-state index contributed by atoms with van der Waals surface area (Å²) in [6.07, 6.45) is 11.6. The second-order valence-electron chi connectivity index (χ2n) is 10.6. The Morgan fingerprint density at radius 1 is 0.829 bits per heavy atom. The highest BCUT2D eigenvalue weighted by atomic mass is 16.2. The maximum atomic E-state index is 12.8. The second kappa shape index (κ2) is 10.7. The molecule has 1 heterocycles. The van der Waals surface area contributed by atoms with Crippen molar-refractivity contribution in [1.29, 1.82) is 0 Å². The average molecular weight is 472 g/mol. The molecule has 5 heteroatoms. The van der Waals surface area contributed by atoms with Crippen molar-refractivity contribution in [2.24, 2.45) is 11.8 Å². The first-order valence-corrected chi connectivity index (χ1v) is 13.4. The van der Waals surface area contributed by atoms with Crippen LogP contribution in [0.1, 0.15) is 81.5 Å². The van der Waals surface area contributed by atoms with Crippen molar-refractivity contribution in [3.8, 4) is 11.3 Å². The molecule has 2 aromatic carbocycles. The number of carbonyl (C=O) groups is 2. The number of anilines is 1. The van der Waals surface area contributed by atoms with E-state index in [1.807, 2.05) is 42.5 Å². The minimum Gasteiger partial charge on any atom is -0.355 e. The van der Waals surface area contributed by atoms with Crippen LogP contribution in [0.3, 0.4) is 0 Å². The first kappa shape index (κ1) is 23.7. The SMILES string of the molecule is CC1CCCCC1C(=O)Nc1ccc(-c2cc3cc(C(=O)NC4CCCCCC4)ccc3[nH]2)cc1. The molecule has 184 valence electrons. The Kier molecular flexibility index (Phi) is 7.21. The molecule has 3 N–H and O–H groups in total. The van der Waals surface area contributed by atoms with E-state index >= 15 is 0 Å². The molecule has 0 bridgehead atoms. The molecule has 2 fully saturated rings. The highest BCUT2D eigenvalue weighted by Crippen LogP contribution is 2.31. The van der Waals surface area contributed by atoms with Gasteiger partial charge < -0.3 is 15.6 Å². The van der Waals surface area contributed by atoms with Gasteiger partial charge in [0.2, 0.25) is 5.91 Å². The quantitative estimate of drug-likeness (QED) is 0.349. The van der Waals surface area contributed by atoms with Crippen molar-refractivity contribution in [2.45, 2.75) is 77.2 Å². The number of amides is 2. The van der Waals surface area contributed by atoms with E-state index in [1.165, 1.54) is 32.1 Å². The van der Waals surface area contributed by atoms with Crippen LogP contribution in [0.2, 0.25) is 0 Å². The van der Waals surface area contributed by atoms with Gasteiger partial charge >= 0.3 is 0 Å². The van der Waals surface area contributed by atoms with Crippen molar-refractivity contribution in [1.82, 2.24) is 10.3 Å². The second-order valence-corrected chi connectivity index (χ2v) is 10.6. The van der Waals surface area contributed by atoms with Crippen LogP contribution in [0.4, 0.5) is 5.69 Å². The predicted molar refractivity (Wildman–Crippen MR) is 142 cm³/mol. The van der Waals surface area contributed by atoms with Crippen LogP contribution in [0.25, 0.3) is 22.2 Å². The van der Waals surface area contributed by atoms with E-state index in [0.29, 0.717) is 17.5 Å². The molecule has 2 aliphatic carbocycles. The minimum absolute atomic E-state index is 0.0222. The molecule has 0 spiro atoms. The van der Waals surface area contributed by atoms with Gasteiger partial charge in [0.1, 0.15) is 0 Å². The van der Waals surface area contributed by atoms with Crippen LogP contribution in [0, 0.1) is 11.8 Å². The normalized spacial score (nSPS) is 21.4. The van der Waals surface area contributed by atoms with Gasteiger partial charge in [0.05, 0.1) is 0 Å². The standard InChI is InChI=1S/C30H37N3O2/c1-20-8-6-7-11-26(20)30(35)32-25-15-12-21(13-16-25)28-19-23-18-22(14-17-27(23)33-28)29(34)31-24-9-4-2-3-5-10-24/h12-20,24,26,33H,2-11H2,1H3,(H,31,34)(H,32,35). The van der Waals surface area contributed by atoms with Crippen LogP contribution in [-0.2, 0) is 4.79 Å². The molecule has 5 rings (SSSR count). The maximum Gasteiger partial charge on any atom is 0.251 e. The summed E-state index contributed by atoms with van der Waals surface area (Å²) < 4.78 is 0. The number of rotatable bonds is 5. The van der Waals surface area contributed by atoms with Crippen molar-refractivity contribution in [3.63, 3.8) is 0 Å². The molecule has 2 amide bonds. The van der Waals surface area contributed by atoms with Crippen molar-refractivity contribution >= 4 is 28.4 Å². The number of hydrogen-bond donors (Lipinski definition) is 3. The number of carbonyl (C=O) groups excluding carboxylic acids is 2. The highest BCUT2D eigenvalue weighted by molar-refractivity contribution is 5.99. The Balaban J connectivity index is 1.25. The molecule has 0 saturated heterocycles. The number of nitrogens with one attached hydrogen (secondary N) is 3. The van der Waals surface area contributed by atoms with Crippen LogP contribution < -0.4 is 10.6 Å². The third-order valence-corrected chi connectivity index (χ3v) is 7.99. The van der Waals surface area contributed by atoms with E-state index in [1.54, 1.807) is 0 Å². The first-order chi connectivity index (χ1) is 17.1. The van der Waals surface area contributed by atoms with E-state index in [2.05, 4.69) is 28.6 Å². The van der Waals surface area contributed by atoms with Crippen molar-refractivity contribution in [3.05, 3.63) is 54.1 Å². The molecule has 0 radical (unpaired) electrons. The third-order valence-electron chi connectivity index (χ3n) is 7.99. The largest absolute Gasteiger partial charge is 0.355 e. The van der Waals surface area contributed by atoms with Crippen LogP contribution in [-0.4, -0.2) is 22.8 Å². The fraction of sp³-hybridized carbons (Fsp3) is 0.467. The summed E-state index contributed by atoms with van der Waals surface area (Å²) in [5.41, 5.74) is 4.61. The molecule has 2 unspecified atom stereocenters. The van der Waals surface area contributed by atoms with Gasteiger partial charge in [-0.3, -0.25) is 9.59 Å². The molecule has 3 aromatic rings. The van der Waals surface area contributed by atoms with Gasteiger partial charge in [0.15, 0.2) is 0 Å². The van der Waals surface area contributed by atoms with E-state index in [-0.39, 0.29) is 17.7 Å². The smallest absolute Gasteiger partial charge is 0.251 e. The zero-order chi connectivity index (χ0) is 24.2. The number of aromatic amines is 1. The number of benzene rings is 2. The first-order valence-electron chi connectivity index (χ1n) is 13.4. The van der Waals surface area contributed by atoms with Gasteiger partial charge in [-0.05, 0) is 73.6 Å². The van der Waals surface area contributed by atoms with Gasteiger partial charge in [-0.1, -0.05) is 57.6 Å². The summed E-state index contributed by atoms with van der Waals surface area (Å²) in [6.45, 7) is 2.19. The summed E-state index contributed by atoms with van der Waals surface area (Å²) in [5.74, 6) is 0.735. The fourth-order valence-corrected chi connectivity index (χ4v) is 5.80. The Labute approximate surface area is 208 Å². The molecule has 2 saturated carbocycles. The van der Waals surface area contributed by atoms with E-state index < -0.39 is 0 Å². The molecule has 5 nitrogen and oxygen atoms in total. The van der Waals surface area contributed by atoms with Gasteiger partial charge in [0.25, 0.3) is 5.91 Å². The maximum absolute atomic E-state index is 12.8. The Morgan fingerprint density at radius 3 is 2.29 bits per heavy atom. The molecular weight excluding hydrogens is 434 g/mol. The summed E-state index contributed by atoms with van der Waals surface area (Å²) in [6, 6.07) is 16.3. The van der Waals surface area contributed by atoms with Crippen molar-refractivity contribution in [2.75, 3.05) is 5.32 Å². The highest BCUT2D eigenvalue weighted by Gasteiger charge is 2.27. The van der Waals surface area contributed by atoms with Gasteiger partial charge in [-0.15, -0.1) is 0 Å². The lowest BCUT2D eigenvalue weighted by molar-refractivity contribution is -0.122. The molecule has 0 aliphatic heterocycles. The average Bonchev–Trinajstić information content (AvgIpc) is 3.13. The lowest BCUT2D eigenvalue weighted by Gasteiger charge is -2.27. The Hall–Kier alpha value is -3.08. The summed E-state index contributed by atoms with van der Waals surface area (Å²) in [4.78, 5) is 29.0. The monoisotopic (exact) mass is 471 g/mol.